The van der Waals surface area contributed by atoms with Crippen molar-refractivity contribution in [3.05, 3.63) is 0 Å². The molecule has 15 heavy (non-hydrogen) atoms. The van der Waals surface area contributed by atoms with Gasteiger partial charge in [-0.15, -0.1) is 11.8 Å². The molecule has 2 atom stereocenters. The van der Waals surface area contributed by atoms with Gasteiger partial charge in [0, 0.05) is 13.1 Å². The molecule has 4 nitrogen and oxygen atoms in total. The van der Waals surface area contributed by atoms with Crippen molar-refractivity contribution in [2.24, 2.45) is 0 Å². The third-order valence-electron chi connectivity index (χ3n) is 2.99. The van der Waals surface area contributed by atoms with E-state index in [-0.39, 0.29) is 16.4 Å². The van der Waals surface area contributed by atoms with Crippen LogP contribution in [0, 0.1) is 0 Å². The maximum atomic E-state index is 11.9. The number of hydrogen-bond donors (Lipinski definition) is 1. The highest BCUT2D eigenvalue weighted by Crippen LogP contribution is 2.35. The number of carbonyl (C=O) groups excluding carboxylic acids is 1. The fourth-order valence-corrected chi connectivity index (χ4v) is 3.46. The largest absolute Gasteiger partial charge is 0.480 e. The van der Waals surface area contributed by atoms with Crippen LogP contribution in [0.2, 0.25) is 0 Å². The molecule has 1 N–H and O–H groups in total. The van der Waals surface area contributed by atoms with Crippen LogP contribution in [0.25, 0.3) is 0 Å². The van der Waals surface area contributed by atoms with Gasteiger partial charge in [0.15, 0.2) is 0 Å². The van der Waals surface area contributed by atoms with Gasteiger partial charge in [-0.3, -0.25) is 9.59 Å². The Balaban J connectivity index is 1.89. The van der Waals surface area contributed by atoms with Crippen LogP contribution in [0.3, 0.4) is 0 Å². The van der Waals surface area contributed by atoms with Crippen molar-refractivity contribution in [2.45, 2.75) is 36.2 Å². The fraction of sp³-hybridized carbons (Fsp3) is 0.800. The summed E-state index contributed by atoms with van der Waals surface area (Å²) >= 11 is 1.32. The molecule has 0 spiro atoms. The summed E-state index contributed by atoms with van der Waals surface area (Å²) in [5.74, 6) is -0.627. The van der Waals surface area contributed by atoms with Crippen LogP contribution >= 0.6 is 11.8 Å². The Morgan fingerprint density at radius 1 is 1.13 bits per heavy atom. The van der Waals surface area contributed by atoms with Crippen molar-refractivity contribution in [2.75, 3.05) is 13.1 Å². The molecular formula is C10H15NO3S. The zero-order valence-corrected chi connectivity index (χ0v) is 9.33. The normalized spacial score (nSPS) is 30.8. The number of aliphatic carboxylic acids is 1. The van der Waals surface area contributed by atoms with Crippen LogP contribution < -0.4 is 0 Å². The average molecular weight is 229 g/mol. The molecule has 0 saturated carbocycles. The van der Waals surface area contributed by atoms with Crippen LogP contribution in [-0.2, 0) is 9.59 Å². The van der Waals surface area contributed by atoms with Crippen molar-refractivity contribution in [1.29, 1.82) is 0 Å². The van der Waals surface area contributed by atoms with E-state index in [1.807, 2.05) is 4.90 Å². The highest BCUT2D eigenvalue weighted by molar-refractivity contribution is 8.02. The number of carboxylic acid groups (broad SMARTS) is 1. The number of rotatable bonds is 2. The smallest absolute Gasteiger partial charge is 0.316 e. The molecule has 2 saturated heterocycles. The Labute approximate surface area is 93.0 Å². The van der Waals surface area contributed by atoms with Crippen LogP contribution in [0.4, 0.5) is 0 Å². The third-order valence-corrected chi connectivity index (χ3v) is 4.52. The van der Waals surface area contributed by atoms with E-state index in [0.29, 0.717) is 6.42 Å². The van der Waals surface area contributed by atoms with Gasteiger partial charge < -0.3 is 10.0 Å². The first-order valence-corrected chi connectivity index (χ1v) is 6.30. The number of amides is 1. The van der Waals surface area contributed by atoms with E-state index in [2.05, 4.69) is 0 Å². The van der Waals surface area contributed by atoms with Crippen LogP contribution in [-0.4, -0.2) is 45.5 Å². The minimum atomic E-state index is -0.781. The first kappa shape index (κ1) is 10.8. The second-order valence-electron chi connectivity index (χ2n) is 4.06. The molecule has 5 heteroatoms. The van der Waals surface area contributed by atoms with Gasteiger partial charge >= 0.3 is 5.97 Å². The third kappa shape index (κ3) is 2.27. The molecule has 0 aromatic rings. The quantitative estimate of drug-likeness (QED) is 0.766. The van der Waals surface area contributed by atoms with E-state index in [0.717, 1.165) is 32.4 Å². The van der Waals surface area contributed by atoms with E-state index in [1.54, 1.807) is 0 Å². The van der Waals surface area contributed by atoms with Gasteiger partial charge in [0.1, 0.15) is 5.25 Å². The van der Waals surface area contributed by atoms with Crippen LogP contribution in [0.5, 0.6) is 0 Å². The van der Waals surface area contributed by atoms with Gasteiger partial charge in [0.05, 0.1) is 5.25 Å². The molecule has 84 valence electrons. The van der Waals surface area contributed by atoms with E-state index in [1.165, 1.54) is 11.8 Å². The van der Waals surface area contributed by atoms with Gasteiger partial charge in [-0.25, -0.2) is 0 Å². The highest BCUT2D eigenvalue weighted by Gasteiger charge is 2.36. The van der Waals surface area contributed by atoms with Gasteiger partial charge in [0.25, 0.3) is 0 Å². The molecule has 0 aromatic carbocycles. The Morgan fingerprint density at radius 2 is 1.73 bits per heavy atom. The topological polar surface area (TPSA) is 57.6 Å². The lowest BCUT2D eigenvalue weighted by atomic mass is 10.2. The van der Waals surface area contributed by atoms with E-state index in [4.69, 9.17) is 5.11 Å². The first-order valence-electron chi connectivity index (χ1n) is 5.35. The first-order chi connectivity index (χ1) is 7.18. The predicted molar refractivity (Wildman–Crippen MR) is 57.9 cm³/mol. The summed E-state index contributed by atoms with van der Waals surface area (Å²) in [7, 11) is 0. The van der Waals surface area contributed by atoms with Crippen molar-refractivity contribution in [3.63, 3.8) is 0 Å². The maximum absolute atomic E-state index is 11.9. The number of carbonyl (C=O) groups is 2. The van der Waals surface area contributed by atoms with Gasteiger partial charge in [-0.1, -0.05) is 0 Å². The predicted octanol–water partition coefficient (Wildman–Crippen LogP) is 0.958. The minimum absolute atomic E-state index is 0.107. The Kier molecular flexibility index (Phi) is 3.19. The lowest BCUT2D eigenvalue weighted by Crippen LogP contribution is -2.34. The molecule has 2 aliphatic heterocycles. The molecule has 0 radical (unpaired) electrons. The fourth-order valence-electron chi connectivity index (χ4n) is 2.14. The second-order valence-corrected chi connectivity index (χ2v) is 5.47. The number of likely N-dealkylation sites (tertiary alicyclic amines) is 1. The summed E-state index contributed by atoms with van der Waals surface area (Å²) in [5.41, 5.74) is 0. The minimum Gasteiger partial charge on any atom is -0.480 e. The second kappa shape index (κ2) is 4.43. The molecule has 1 amide bonds. The lowest BCUT2D eigenvalue weighted by Gasteiger charge is -2.19. The summed E-state index contributed by atoms with van der Waals surface area (Å²) in [5, 5.41) is 8.35. The van der Waals surface area contributed by atoms with Gasteiger partial charge in [0.2, 0.25) is 5.91 Å². The Bertz CT molecular complexity index is 276. The molecule has 0 aromatic heterocycles. The molecule has 2 heterocycles. The molecular weight excluding hydrogens is 214 g/mol. The molecule has 0 unspecified atom stereocenters. The Morgan fingerprint density at radius 3 is 2.27 bits per heavy atom. The summed E-state index contributed by atoms with van der Waals surface area (Å²) in [4.78, 5) is 24.6. The summed E-state index contributed by atoms with van der Waals surface area (Å²) in [6.45, 7) is 1.71. The zero-order chi connectivity index (χ0) is 10.8. The molecule has 2 rings (SSSR count). The molecule has 2 aliphatic rings. The summed E-state index contributed by atoms with van der Waals surface area (Å²) in [6, 6.07) is 0. The highest BCUT2D eigenvalue weighted by atomic mass is 32.2. The van der Waals surface area contributed by atoms with Crippen molar-refractivity contribution >= 4 is 23.6 Å². The molecule has 0 bridgehead atoms. The Hall–Kier alpha value is -0.710. The van der Waals surface area contributed by atoms with Crippen LogP contribution in [0.1, 0.15) is 25.7 Å². The average Bonchev–Trinajstić information content (AvgIpc) is 2.88. The van der Waals surface area contributed by atoms with Crippen molar-refractivity contribution in [3.8, 4) is 0 Å². The van der Waals surface area contributed by atoms with Crippen molar-refractivity contribution < 1.29 is 14.7 Å². The van der Waals surface area contributed by atoms with E-state index in [9.17, 15) is 9.59 Å². The monoisotopic (exact) mass is 229 g/mol. The molecule has 2 fully saturated rings. The van der Waals surface area contributed by atoms with Gasteiger partial charge in [-0.2, -0.15) is 0 Å². The summed E-state index contributed by atoms with van der Waals surface area (Å²) in [6.07, 6.45) is 3.53. The van der Waals surface area contributed by atoms with E-state index >= 15 is 0 Å². The number of nitrogens with zero attached hydrogens (tertiary/aromatic N) is 1. The van der Waals surface area contributed by atoms with Gasteiger partial charge in [-0.05, 0) is 25.7 Å². The lowest BCUT2D eigenvalue weighted by molar-refractivity contribution is -0.136. The summed E-state index contributed by atoms with van der Waals surface area (Å²) < 4.78 is 0. The number of carboxylic acids is 1. The maximum Gasteiger partial charge on any atom is 0.316 e. The standard InChI is InChI=1S/C10H15NO3S/c12-9(11-5-1-2-6-11)7-3-4-8(15-7)10(13)14/h7-8H,1-6H2,(H,13,14)/t7-,8+/m0/s1. The number of hydrogen-bond acceptors (Lipinski definition) is 3. The van der Waals surface area contributed by atoms with Crippen molar-refractivity contribution in [1.82, 2.24) is 4.90 Å². The molecule has 0 aliphatic carbocycles. The van der Waals surface area contributed by atoms with E-state index < -0.39 is 5.97 Å². The number of thioether (sulfide) groups is 1. The zero-order valence-electron chi connectivity index (χ0n) is 8.52. The SMILES string of the molecule is O=C(O)[C@H]1CC[C@@H](C(=O)N2CCCC2)S1. The van der Waals surface area contributed by atoms with Crippen LogP contribution in [0.15, 0.2) is 0 Å².